The summed E-state index contributed by atoms with van der Waals surface area (Å²) in [5.41, 5.74) is 8.59. The van der Waals surface area contributed by atoms with Crippen molar-refractivity contribution in [2.75, 3.05) is 0 Å². The Hall–Kier alpha value is -3.69. The van der Waals surface area contributed by atoms with E-state index in [4.69, 9.17) is 14.7 Å². The van der Waals surface area contributed by atoms with Crippen molar-refractivity contribution in [3.05, 3.63) is 96.1 Å². The van der Waals surface area contributed by atoms with Crippen LogP contribution in [-0.4, -0.2) is 19.1 Å². The minimum Gasteiger partial charge on any atom is -0.497 e. The maximum absolute atomic E-state index is 6.27. The monoisotopic (exact) mass is 735 g/mol. The van der Waals surface area contributed by atoms with Crippen LogP contribution in [0.4, 0.5) is 0 Å². The molecule has 0 N–H and O–H groups in total. The molecule has 0 fully saturated rings. The normalized spacial score (nSPS) is 12.1. The molecule has 0 aliphatic carbocycles. The van der Waals surface area contributed by atoms with Gasteiger partial charge in [-0.25, -0.2) is 0 Å². The van der Waals surface area contributed by atoms with E-state index < -0.39 is 0 Å². The first-order chi connectivity index (χ1) is 19.4. The molecule has 0 amide bonds. The molecule has 0 radical (unpaired) electrons. The first-order valence-electron chi connectivity index (χ1n) is 14.1. The SMILES string of the molecule is Cn1c(-c2[c-]c(Oc3[c-]c(-c4nc5ccc(C(C)(C)C)cc5n4C)ccc3)ccc2)nc2ccc(C(C)(C)C)cc21.[Pt+2]. The van der Waals surface area contributed by atoms with Crippen LogP contribution < -0.4 is 4.74 Å². The predicted octanol–water partition coefficient (Wildman–Crippen LogP) is 8.78. The molecular weight excluding hydrogens is 700 g/mol. The number of nitrogens with zero attached hydrogens (tertiary/aromatic N) is 4. The summed E-state index contributed by atoms with van der Waals surface area (Å²) in [5.74, 6) is 2.92. The first kappa shape index (κ1) is 29.8. The van der Waals surface area contributed by atoms with Gasteiger partial charge in [0, 0.05) is 25.6 Å². The van der Waals surface area contributed by atoms with Crippen LogP contribution in [0.1, 0.15) is 52.7 Å². The van der Waals surface area contributed by atoms with Crippen LogP contribution in [0.2, 0.25) is 0 Å². The minimum absolute atomic E-state index is 0. The van der Waals surface area contributed by atoms with Crippen molar-refractivity contribution in [1.29, 1.82) is 0 Å². The number of imidazole rings is 2. The van der Waals surface area contributed by atoms with Gasteiger partial charge in [0.2, 0.25) is 0 Å². The number of ether oxygens (including phenoxy) is 1. The van der Waals surface area contributed by atoms with Crippen molar-refractivity contribution in [2.45, 2.75) is 52.4 Å². The van der Waals surface area contributed by atoms with Gasteiger partial charge in [-0.1, -0.05) is 65.8 Å². The molecule has 0 bridgehead atoms. The van der Waals surface area contributed by atoms with Gasteiger partial charge in [0.15, 0.2) is 0 Å². The fraction of sp³-hybridized carbons (Fsp3) is 0.278. The van der Waals surface area contributed by atoms with Gasteiger partial charge in [0.1, 0.15) is 0 Å². The van der Waals surface area contributed by atoms with Gasteiger partial charge in [0.25, 0.3) is 0 Å². The van der Waals surface area contributed by atoms with E-state index in [1.165, 1.54) is 11.1 Å². The van der Waals surface area contributed by atoms with Crippen LogP contribution in [0.15, 0.2) is 72.8 Å². The van der Waals surface area contributed by atoms with Crippen molar-refractivity contribution >= 4 is 22.1 Å². The Labute approximate surface area is 262 Å². The molecule has 5 nitrogen and oxygen atoms in total. The second-order valence-electron chi connectivity index (χ2n) is 12.9. The van der Waals surface area contributed by atoms with E-state index in [0.29, 0.717) is 11.5 Å². The summed E-state index contributed by atoms with van der Waals surface area (Å²) in [6.07, 6.45) is 0. The average Bonchev–Trinajstić information content (AvgIpc) is 3.44. The van der Waals surface area contributed by atoms with Crippen molar-refractivity contribution in [1.82, 2.24) is 19.1 Å². The second-order valence-corrected chi connectivity index (χ2v) is 12.9. The van der Waals surface area contributed by atoms with Crippen LogP contribution in [0.3, 0.4) is 0 Å². The third-order valence-electron chi connectivity index (χ3n) is 7.73. The molecule has 2 aromatic heterocycles. The maximum atomic E-state index is 6.27. The number of rotatable bonds is 4. The zero-order valence-corrected chi connectivity index (χ0v) is 27.7. The molecule has 0 aliphatic heterocycles. The molecule has 6 heteroatoms. The Morgan fingerprint density at radius 3 is 1.38 bits per heavy atom. The molecule has 4 aromatic carbocycles. The molecule has 0 saturated heterocycles. The molecule has 6 rings (SSSR count). The molecule has 2 heterocycles. The number of aromatic nitrogens is 4. The Kier molecular flexibility index (Phi) is 7.70. The van der Waals surface area contributed by atoms with Crippen molar-refractivity contribution in [3.8, 4) is 34.3 Å². The third-order valence-corrected chi connectivity index (χ3v) is 7.73. The van der Waals surface area contributed by atoms with E-state index in [-0.39, 0.29) is 31.9 Å². The van der Waals surface area contributed by atoms with Crippen molar-refractivity contribution in [3.63, 3.8) is 0 Å². The minimum atomic E-state index is 0. The van der Waals surface area contributed by atoms with Crippen LogP contribution in [0, 0.1) is 12.1 Å². The van der Waals surface area contributed by atoms with E-state index in [0.717, 1.165) is 44.8 Å². The van der Waals surface area contributed by atoms with Gasteiger partial charge < -0.3 is 13.9 Å². The van der Waals surface area contributed by atoms with E-state index in [1.807, 2.05) is 36.4 Å². The van der Waals surface area contributed by atoms with Crippen LogP contribution in [0.25, 0.3) is 44.8 Å². The number of fused-ring (bicyclic) bond motifs is 2. The molecule has 0 atom stereocenters. The summed E-state index contributed by atoms with van der Waals surface area (Å²) in [4.78, 5) is 9.83. The Bertz CT molecular complexity index is 1780. The second kappa shape index (κ2) is 10.9. The average molecular weight is 736 g/mol. The molecule has 42 heavy (non-hydrogen) atoms. The van der Waals surface area contributed by atoms with E-state index in [1.54, 1.807) is 0 Å². The fourth-order valence-corrected chi connectivity index (χ4v) is 5.19. The number of hydrogen-bond acceptors (Lipinski definition) is 3. The molecule has 0 unspecified atom stereocenters. The van der Waals surface area contributed by atoms with Crippen molar-refractivity contribution < 1.29 is 25.8 Å². The van der Waals surface area contributed by atoms with E-state index in [2.05, 4.69) is 113 Å². The van der Waals surface area contributed by atoms with Crippen LogP contribution in [-0.2, 0) is 46.0 Å². The van der Waals surface area contributed by atoms with Gasteiger partial charge in [-0.15, -0.1) is 47.5 Å². The standard InChI is InChI=1S/C36H36N4O.Pt/c1-35(2,3)25-15-17-29-31(21-25)39(7)33(37-29)23-11-9-13-27(19-23)41-28-14-10-12-24(20-28)34-38-30-18-16-26(36(4,5)6)22-32(30)40(34)8;/h9-18,21-22H,1-8H3;/q-2;+2. The summed E-state index contributed by atoms with van der Waals surface area (Å²) in [6, 6.07) is 31.7. The molecule has 0 aliphatic rings. The first-order valence-corrected chi connectivity index (χ1v) is 14.1. The number of aryl methyl sites for hydroxylation is 2. The molecule has 0 spiro atoms. The summed E-state index contributed by atoms with van der Waals surface area (Å²) in [5, 5.41) is 0. The van der Waals surface area contributed by atoms with E-state index >= 15 is 0 Å². The van der Waals surface area contributed by atoms with Gasteiger partial charge in [-0.2, -0.15) is 0 Å². The topological polar surface area (TPSA) is 44.9 Å². The van der Waals surface area contributed by atoms with Gasteiger partial charge >= 0.3 is 21.1 Å². The molecule has 6 aromatic rings. The van der Waals surface area contributed by atoms with Gasteiger partial charge in [0.05, 0.1) is 33.7 Å². The molecule has 216 valence electrons. The number of hydrogen-bond donors (Lipinski definition) is 0. The van der Waals surface area contributed by atoms with Crippen molar-refractivity contribution in [2.24, 2.45) is 14.1 Å². The summed E-state index contributed by atoms with van der Waals surface area (Å²) in [7, 11) is 4.11. The maximum Gasteiger partial charge on any atom is 2.00 e. The number of benzene rings is 4. The smallest absolute Gasteiger partial charge is 0.497 e. The largest absolute Gasteiger partial charge is 2.00 e. The Balaban J connectivity index is 0.00000353. The van der Waals surface area contributed by atoms with Gasteiger partial charge in [-0.3, -0.25) is 9.97 Å². The third kappa shape index (κ3) is 5.55. The van der Waals surface area contributed by atoms with Gasteiger partial charge in [-0.05, 0) is 46.2 Å². The molecular formula is C36H36N4OPt. The summed E-state index contributed by atoms with van der Waals surface area (Å²) < 4.78 is 10.5. The zero-order chi connectivity index (χ0) is 29.1. The summed E-state index contributed by atoms with van der Waals surface area (Å²) in [6.45, 7) is 13.4. The van der Waals surface area contributed by atoms with Crippen LogP contribution in [0.5, 0.6) is 11.5 Å². The molecule has 0 saturated carbocycles. The fourth-order valence-electron chi connectivity index (χ4n) is 5.19. The Morgan fingerprint density at radius 2 is 1.00 bits per heavy atom. The van der Waals surface area contributed by atoms with Crippen LogP contribution >= 0.6 is 0 Å². The predicted molar refractivity (Wildman–Crippen MR) is 167 cm³/mol. The Morgan fingerprint density at radius 1 is 0.595 bits per heavy atom. The zero-order valence-electron chi connectivity index (χ0n) is 25.4. The quantitative estimate of drug-likeness (QED) is 0.170. The van der Waals surface area contributed by atoms with E-state index in [9.17, 15) is 0 Å². The summed E-state index contributed by atoms with van der Waals surface area (Å²) >= 11 is 0.